The number of amides is 3. The fraction of sp³-hybridized carbons (Fsp3) is 0.583. The van der Waals surface area contributed by atoms with Crippen LogP contribution in [-0.2, 0) is 25.6 Å². The molecule has 0 fully saturated rings. The lowest BCUT2D eigenvalue weighted by Gasteiger charge is -2.25. The Morgan fingerprint density at radius 3 is 1.94 bits per heavy atom. The Hall–Kier alpha value is -3.14. The minimum absolute atomic E-state index is 0.0245. The number of hydrogen-bond donors (Lipinski definition) is 6. The number of aliphatic carboxylic acids is 1. The predicted molar refractivity (Wildman–Crippen MR) is 128 cm³/mol. The normalized spacial score (nSPS) is 15.5. The van der Waals surface area contributed by atoms with Gasteiger partial charge in [0, 0.05) is 6.42 Å². The van der Waals surface area contributed by atoms with E-state index in [9.17, 15) is 29.4 Å². The van der Waals surface area contributed by atoms with Gasteiger partial charge in [-0.25, -0.2) is 4.79 Å². The molecule has 0 radical (unpaired) electrons. The first kappa shape index (κ1) is 28.9. The molecular formula is C24H38N4O6. The van der Waals surface area contributed by atoms with Gasteiger partial charge in [-0.1, -0.05) is 46.2 Å². The molecule has 0 aromatic heterocycles. The molecule has 0 spiro atoms. The van der Waals surface area contributed by atoms with Crippen LogP contribution in [0.25, 0.3) is 0 Å². The molecule has 5 unspecified atom stereocenters. The van der Waals surface area contributed by atoms with Crippen molar-refractivity contribution in [2.24, 2.45) is 17.6 Å². The maximum atomic E-state index is 13.0. The number of carbonyl (C=O) groups is 4. The van der Waals surface area contributed by atoms with Crippen LogP contribution >= 0.6 is 0 Å². The zero-order valence-electron chi connectivity index (χ0n) is 20.5. The number of rotatable bonds is 13. The van der Waals surface area contributed by atoms with Gasteiger partial charge in [0.1, 0.15) is 23.9 Å². The molecule has 0 bridgehead atoms. The second-order valence-electron chi connectivity index (χ2n) is 9.10. The standard InChI is InChI=1S/C24H38N4O6/c1-6-14(4)20(25)23(32)26-15(5)21(30)27-18(12-16-7-9-17(29)10-8-16)22(31)28-19(24(33)34)11-13(2)3/h7-10,13-15,18-20,29H,6,11-12,25H2,1-5H3,(H,26,32)(H,27,30)(H,28,31)(H,33,34). The van der Waals surface area contributed by atoms with Crippen LogP contribution in [0, 0.1) is 11.8 Å². The molecular weight excluding hydrogens is 440 g/mol. The Morgan fingerprint density at radius 2 is 1.44 bits per heavy atom. The Labute approximate surface area is 200 Å². The summed E-state index contributed by atoms with van der Waals surface area (Å²) in [6.45, 7) is 8.90. The van der Waals surface area contributed by atoms with Gasteiger partial charge in [-0.05, 0) is 42.9 Å². The lowest BCUT2D eigenvalue weighted by Crippen LogP contribution is -2.57. The molecule has 0 saturated carbocycles. The average Bonchev–Trinajstić information content (AvgIpc) is 2.77. The number of phenolic OH excluding ortho intramolecular Hbond substituents is 1. The van der Waals surface area contributed by atoms with Gasteiger partial charge in [-0.2, -0.15) is 0 Å². The molecule has 5 atom stereocenters. The maximum Gasteiger partial charge on any atom is 0.326 e. The number of carboxylic acids is 1. The highest BCUT2D eigenvalue weighted by Crippen LogP contribution is 2.13. The molecule has 34 heavy (non-hydrogen) atoms. The molecule has 0 aliphatic heterocycles. The van der Waals surface area contributed by atoms with Gasteiger partial charge < -0.3 is 31.9 Å². The number of carboxylic acid groups (broad SMARTS) is 1. The highest BCUT2D eigenvalue weighted by Gasteiger charge is 2.30. The van der Waals surface area contributed by atoms with Crippen molar-refractivity contribution in [2.75, 3.05) is 0 Å². The van der Waals surface area contributed by atoms with Gasteiger partial charge in [-0.3, -0.25) is 14.4 Å². The van der Waals surface area contributed by atoms with Crippen LogP contribution in [-0.4, -0.2) is 58.1 Å². The molecule has 1 aromatic carbocycles. The third-order valence-corrected chi connectivity index (χ3v) is 5.64. The van der Waals surface area contributed by atoms with Gasteiger partial charge >= 0.3 is 5.97 Å². The summed E-state index contributed by atoms with van der Waals surface area (Å²) in [6.07, 6.45) is 0.977. The van der Waals surface area contributed by atoms with Crippen LogP contribution in [0.2, 0.25) is 0 Å². The van der Waals surface area contributed by atoms with Crippen LogP contribution < -0.4 is 21.7 Å². The molecule has 7 N–H and O–H groups in total. The first-order valence-corrected chi connectivity index (χ1v) is 11.5. The van der Waals surface area contributed by atoms with Gasteiger partial charge in [0.2, 0.25) is 17.7 Å². The smallest absolute Gasteiger partial charge is 0.326 e. The van der Waals surface area contributed by atoms with Crippen molar-refractivity contribution in [2.45, 2.75) is 78.0 Å². The summed E-state index contributed by atoms with van der Waals surface area (Å²) in [7, 11) is 0. The molecule has 0 aliphatic carbocycles. The van der Waals surface area contributed by atoms with E-state index in [4.69, 9.17) is 5.73 Å². The van der Waals surface area contributed by atoms with Crippen LogP contribution in [0.5, 0.6) is 5.75 Å². The Balaban J connectivity index is 2.99. The summed E-state index contributed by atoms with van der Waals surface area (Å²) >= 11 is 0. The molecule has 0 aliphatic rings. The quantitative estimate of drug-likeness (QED) is 0.245. The summed E-state index contributed by atoms with van der Waals surface area (Å²) in [5, 5.41) is 26.6. The summed E-state index contributed by atoms with van der Waals surface area (Å²) in [4.78, 5) is 49.7. The van der Waals surface area contributed by atoms with Gasteiger partial charge in [-0.15, -0.1) is 0 Å². The van der Waals surface area contributed by atoms with E-state index < -0.39 is 47.9 Å². The zero-order chi connectivity index (χ0) is 26.0. The summed E-state index contributed by atoms with van der Waals surface area (Å²) in [5.41, 5.74) is 6.57. The van der Waals surface area contributed by atoms with E-state index in [0.717, 1.165) is 0 Å². The van der Waals surface area contributed by atoms with E-state index in [0.29, 0.717) is 12.0 Å². The van der Waals surface area contributed by atoms with E-state index in [2.05, 4.69) is 16.0 Å². The van der Waals surface area contributed by atoms with Gasteiger partial charge in [0.25, 0.3) is 0 Å². The first-order chi connectivity index (χ1) is 15.8. The summed E-state index contributed by atoms with van der Waals surface area (Å²) in [5.74, 6) is -2.92. The molecule has 1 rings (SSSR count). The molecule has 190 valence electrons. The molecule has 10 nitrogen and oxygen atoms in total. The molecule has 0 saturated heterocycles. The van der Waals surface area contributed by atoms with E-state index in [1.165, 1.54) is 19.1 Å². The van der Waals surface area contributed by atoms with Crippen molar-refractivity contribution in [1.82, 2.24) is 16.0 Å². The number of phenols is 1. The van der Waals surface area contributed by atoms with Gasteiger partial charge in [0.05, 0.1) is 6.04 Å². The number of aromatic hydroxyl groups is 1. The maximum absolute atomic E-state index is 13.0. The van der Waals surface area contributed by atoms with Crippen LogP contribution in [0.15, 0.2) is 24.3 Å². The highest BCUT2D eigenvalue weighted by molar-refractivity contribution is 5.94. The third-order valence-electron chi connectivity index (χ3n) is 5.64. The van der Waals surface area contributed by atoms with Crippen molar-refractivity contribution in [1.29, 1.82) is 0 Å². The van der Waals surface area contributed by atoms with Crippen molar-refractivity contribution in [3.8, 4) is 5.75 Å². The fourth-order valence-electron chi connectivity index (χ4n) is 3.23. The van der Waals surface area contributed by atoms with E-state index in [1.807, 2.05) is 27.7 Å². The third kappa shape index (κ3) is 9.38. The second-order valence-corrected chi connectivity index (χ2v) is 9.10. The van der Waals surface area contributed by atoms with Gasteiger partial charge in [0.15, 0.2) is 0 Å². The largest absolute Gasteiger partial charge is 0.508 e. The van der Waals surface area contributed by atoms with Crippen molar-refractivity contribution >= 4 is 23.7 Å². The molecule has 1 aromatic rings. The highest BCUT2D eigenvalue weighted by atomic mass is 16.4. The minimum atomic E-state index is -1.17. The monoisotopic (exact) mass is 478 g/mol. The number of carbonyl (C=O) groups excluding carboxylic acids is 3. The first-order valence-electron chi connectivity index (χ1n) is 11.5. The van der Waals surface area contributed by atoms with Crippen molar-refractivity contribution in [3.05, 3.63) is 29.8 Å². The minimum Gasteiger partial charge on any atom is -0.508 e. The van der Waals surface area contributed by atoms with Crippen LogP contribution in [0.1, 0.15) is 53.0 Å². The summed E-state index contributed by atoms with van der Waals surface area (Å²) in [6, 6.07) is 2.13. The van der Waals surface area contributed by atoms with Crippen molar-refractivity contribution in [3.63, 3.8) is 0 Å². The zero-order valence-corrected chi connectivity index (χ0v) is 20.5. The Kier molecular flexibility index (Phi) is 11.5. The second kappa shape index (κ2) is 13.5. The van der Waals surface area contributed by atoms with E-state index >= 15 is 0 Å². The Bertz CT molecular complexity index is 842. The van der Waals surface area contributed by atoms with Crippen LogP contribution in [0.4, 0.5) is 0 Å². The molecule has 3 amide bonds. The lowest BCUT2D eigenvalue weighted by atomic mass is 9.99. The SMILES string of the molecule is CCC(C)C(N)C(=O)NC(C)C(=O)NC(Cc1ccc(O)cc1)C(=O)NC(CC(C)C)C(=O)O. The molecule has 10 heteroatoms. The number of hydrogen-bond acceptors (Lipinski definition) is 6. The van der Waals surface area contributed by atoms with E-state index in [1.54, 1.807) is 12.1 Å². The fourth-order valence-corrected chi connectivity index (χ4v) is 3.23. The number of nitrogens with two attached hydrogens (primary N) is 1. The van der Waals surface area contributed by atoms with Crippen molar-refractivity contribution < 1.29 is 29.4 Å². The predicted octanol–water partition coefficient (Wildman–Crippen LogP) is 0.913. The molecule has 0 heterocycles. The Morgan fingerprint density at radius 1 is 0.882 bits per heavy atom. The summed E-state index contributed by atoms with van der Waals surface area (Å²) < 4.78 is 0. The van der Waals surface area contributed by atoms with E-state index in [-0.39, 0.29) is 30.4 Å². The van der Waals surface area contributed by atoms with Crippen LogP contribution in [0.3, 0.4) is 0 Å². The number of benzene rings is 1. The lowest BCUT2D eigenvalue weighted by molar-refractivity contribution is -0.142. The topological polar surface area (TPSA) is 171 Å². The average molecular weight is 479 g/mol. The number of nitrogens with one attached hydrogen (secondary N) is 3.